The third-order valence-corrected chi connectivity index (χ3v) is 6.40. The van der Waals surface area contributed by atoms with E-state index in [1.807, 2.05) is 0 Å². The largest absolute Gasteiger partial charge is 0.392 e. The molecule has 17 nitrogen and oxygen atoms in total. The summed E-state index contributed by atoms with van der Waals surface area (Å²) in [4.78, 5) is 0. The number of aliphatic hydroxyl groups excluding tert-OH is 4. The van der Waals surface area contributed by atoms with Crippen molar-refractivity contribution >= 4 is 35.6 Å². The Hall–Kier alpha value is 0.190. The quantitative estimate of drug-likeness (QED) is 0.0627. The average molecular weight is 743 g/mol. The predicted molar refractivity (Wildman–Crippen MR) is 189 cm³/mol. The highest BCUT2D eigenvalue weighted by Gasteiger charge is 2.22. The molecule has 0 spiro atoms. The van der Waals surface area contributed by atoms with E-state index in [-0.39, 0.29) is 50.1 Å². The van der Waals surface area contributed by atoms with Gasteiger partial charge in [-0.3, -0.25) is 0 Å². The Morgan fingerprint density at radius 1 is 0.500 bits per heavy atom. The van der Waals surface area contributed by atoms with Crippen LogP contribution in [0.25, 0.3) is 0 Å². The Balaban J connectivity index is -0.000000105. The minimum Gasteiger partial charge on any atom is -0.392 e. The number of halogens is 3. The minimum absolute atomic E-state index is 0. The maximum absolute atomic E-state index is 9.03. The van der Waals surface area contributed by atoms with Gasteiger partial charge in [-0.05, 0) is 38.5 Å². The lowest BCUT2D eigenvalue weighted by molar-refractivity contribution is 0.142. The lowest BCUT2D eigenvalue weighted by atomic mass is 10.1. The number of aliphatic hydroxyl groups is 4. The molecule has 25 N–H and O–H groups in total. The monoisotopic (exact) mass is 741 g/mol. The van der Waals surface area contributed by atoms with Crippen LogP contribution in [0.2, 0.25) is 0 Å². The molecule has 7 unspecified atom stereocenters. The van der Waals surface area contributed by atoms with Gasteiger partial charge in [-0.25, -0.2) is 0 Å². The summed E-state index contributed by atoms with van der Waals surface area (Å²) in [6, 6.07) is 0. The summed E-state index contributed by atoms with van der Waals surface area (Å²) in [5, 5.41) is 35.5. The zero-order chi connectivity index (χ0) is 32.2. The maximum atomic E-state index is 9.03. The standard InChI is InChI=1S/C7H18N2O2.C7H15NO2.2C3H5ClO.C3H10N2O.C3H7NO.ClH.3H3N/c8-4-6(10)2-1-3-7(11)5-9;8-4-6(9)2-1-3-7-5-10-7;2*4-1-3-2-5-3;4-1-3(6)2-5;4-1-3-2-5-3;;;;/h6-7,10-11H,1-5,8-9H2;6-7,9H,1-5,8H2;2*3H,1-2H2;3,6H,1-2,4-5H2;3H,1-2,4H2;1H;3*1H3. The zero-order valence-electron chi connectivity index (χ0n) is 27.5. The van der Waals surface area contributed by atoms with Gasteiger partial charge in [0.15, 0.2) is 0 Å². The summed E-state index contributed by atoms with van der Waals surface area (Å²) in [5.41, 5.74) is 30.6. The van der Waals surface area contributed by atoms with Gasteiger partial charge in [0, 0.05) is 39.3 Å². The lowest BCUT2D eigenvalue weighted by Crippen LogP contribution is -2.27. The van der Waals surface area contributed by atoms with Crippen molar-refractivity contribution in [2.45, 2.75) is 87.4 Å². The second kappa shape index (κ2) is 41.4. The first-order valence-electron chi connectivity index (χ1n) is 14.6. The second-order valence-corrected chi connectivity index (χ2v) is 10.6. The van der Waals surface area contributed by atoms with Crippen molar-refractivity contribution in [1.82, 2.24) is 18.5 Å². The molecule has 0 bridgehead atoms. The van der Waals surface area contributed by atoms with Gasteiger partial charge in [0.25, 0.3) is 0 Å². The van der Waals surface area contributed by atoms with Gasteiger partial charge in [-0.1, -0.05) is 0 Å². The number of nitrogens with two attached hydrogens (primary N) is 6. The minimum atomic E-state index is -0.509. The fourth-order valence-electron chi connectivity index (χ4n) is 2.37. The van der Waals surface area contributed by atoms with Crippen LogP contribution < -0.4 is 52.9 Å². The first-order valence-corrected chi connectivity index (χ1v) is 15.7. The number of rotatable bonds is 16. The molecule has 0 saturated carbocycles. The number of hydrogen-bond acceptors (Lipinski definition) is 17. The van der Waals surface area contributed by atoms with E-state index in [2.05, 4.69) is 0 Å². The summed E-state index contributed by atoms with van der Waals surface area (Å²) in [7, 11) is 0. The Labute approximate surface area is 292 Å². The van der Waals surface area contributed by atoms with Crippen molar-refractivity contribution in [3.8, 4) is 0 Å². The molecule has 288 valence electrons. The molecule has 0 aromatic heterocycles. The lowest BCUT2D eigenvalue weighted by Gasteiger charge is -2.09. The van der Waals surface area contributed by atoms with Crippen molar-refractivity contribution in [3.63, 3.8) is 0 Å². The summed E-state index contributed by atoms with van der Waals surface area (Å²) >= 11 is 10.5. The predicted octanol–water partition coefficient (Wildman–Crippen LogP) is -1.56. The molecule has 4 heterocycles. The molecule has 0 aliphatic carbocycles. The van der Waals surface area contributed by atoms with E-state index in [1.165, 1.54) is 0 Å². The first kappa shape index (κ1) is 58.4. The van der Waals surface area contributed by atoms with Crippen LogP contribution in [0, 0.1) is 0 Å². The van der Waals surface area contributed by atoms with E-state index in [0.717, 1.165) is 52.1 Å². The molecule has 0 aromatic carbocycles. The highest BCUT2D eigenvalue weighted by atomic mass is 35.5. The molecule has 7 atom stereocenters. The molecule has 0 aromatic rings. The fourth-order valence-corrected chi connectivity index (χ4v) is 2.73. The third-order valence-electron chi connectivity index (χ3n) is 5.72. The Bertz CT molecular complexity index is 524. The van der Waals surface area contributed by atoms with E-state index >= 15 is 0 Å². The highest BCUT2D eigenvalue weighted by molar-refractivity contribution is 6.18. The van der Waals surface area contributed by atoms with Crippen LogP contribution in [0.4, 0.5) is 0 Å². The molecule has 0 amide bonds. The van der Waals surface area contributed by atoms with Gasteiger partial charge in [0.05, 0.1) is 87.0 Å². The maximum Gasteiger partial charge on any atom is 0.0944 e. The smallest absolute Gasteiger partial charge is 0.0944 e. The van der Waals surface area contributed by atoms with Crippen LogP contribution in [0.1, 0.15) is 38.5 Å². The fraction of sp³-hybridized carbons (Fsp3) is 1.00. The van der Waals surface area contributed by atoms with Crippen LogP contribution in [0.5, 0.6) is 0 Å². The Kier molecular flexibility index (Phi) is 52.5. The molecule has 4 fully saturated rings. The molecule has 4 rings (SSSR count). The number of hydrogen-bond donors (Lipinski definition) is 13. The highest BCUT2D eigenvalue weighted by Crippen LogP contribution is 2.16. The van der Waals surface area contributed by atoms with Crippen LogP contribution in [0.3, 0.4) is 0 Å². The first-order chi connectivity index (χ1) is 20.1. The summed E-state index contributed by atoms with van der Waals surface area (Å²) in [6.45, 7) is 5.73. The SMILES string of the molecule is Cl.ClCC1CO1.ClCC1CO1.N.N.N.NCC(O)CCCC(O)CN.NCC(O)CCCC1CO1.NCC(O)CN.NCC1CO1. The van der Waals surface area contributed by atoms with Crippen molar-refractivity contribution in [1.29, 1.82) is 0 Å². The molecule has 20 heteroatoms. The van der Waals surface area contributed by atoms with Crippen LogP contribution in [-0.2, 0) is 18.9 Å². The molecule has 0 radical (unpaired) electrons. The zero-order valence-corrected chi connectivity index (χ0v) is 29.8. The van der Waals surface area contributed by atoms with Gasteiger partial charge < -0.3 is 92.2 Å². The van der Waals surface area contributed by atoms with Gasteiger partial charge >= 0.3 is 0 Å². The van der Waals surface area contributed by atoms with Gasteiger partial charge in [0.1, 0.15) is 0 Å². The summed E-state index contributed by atoms with van der Waals surface area (Å²) in [6.07, 6.45) is 5.02. The molecule has 4 aliphatic heterocycles. The number of ether oxygens (including phenoxy) is 4. The van der Waals surface area contributed by atoms with Crippen LogP contribution >= 0.6 is 35.6 Å². The topological polar surface area (TPSA) is 392 Å². The number of alkyl halides is 2. The summed E-state index contributed by atoms with van der Waals surface area (Å²) in [5.74, 6) is 1.33. The van der Waals surface area contributed by atoms with Crippen molar-refractivity contribution in [2.75, 3.05) is 77.5 Å². The number of epoxide rings is 4. The normalized spacial score (nSPS) is 22.1. The molecule has 4 saturated heterocycles. The molecular formula is C26H70Cl3N9O8. The second-order valence-electron chi connectivity index (χ2n) is 10.0. The van der Waals surface area contributed by atoms with Gasteiger partial charge in [0.2, 0.25) is 0 Å². The molecular weight excluding hydrogens is 673 g/mol. The van der Waals surface area contributed by atoms with Crippen molar-refractivity contribution in [3.05, 3.63) is 0 Å². The van der Waals surface area contributed by atoms with Crippen molar-refractivity contribution < 1.29 is 39.4 Å². The van der Waals surface area contributed by atoms with E-state index in [1.54, 1.807) is 0 Å². The van der Waals surface area contributed by atoms with Gasteiger partial charge in [-0.2, -0.15) is 0 Å². The van der Waals surface area contributed by atoms with E-state index in [9.17, 15) is 0 Å². The Morgan fingerprint density at radius 2 is 0.783 bits per heavy atom. The van der Waals surface area contributed by atoms with Crippen molar-refractivity contribution in [2.24, 2.45) is 34.4 Å². The van der Waals surface area contributed by atoms with E-state index in [0.29, 0.717) is 75.2 Å². The van der Waals surface area contributed by atoms with Crippen LogP contribution in [0.15, 0.2) is 0 Å². The van der Waals surface area contributed by atoms with E-state index < -0.39 is 18.3 Å². The van der Waals surface area contributed by atoms with E-state index in [4.69, 9.17) is 97.0 Å². The van der Waals surface area contributed by atoms with Gasteiger partial charge in [-0.15, -0.1) is 35.6 Å². The average Bonchev–Trinajstić information content (AvgIpc) is 3.86. The third kappa shape index (κ3) is 51.0. The van der Waals surface area contributed by atoms with Crippen LogP contribution in [-0.4, -0.2) is 147 Å². The molecule has 46 heavy (non-hydrogen) atoms. The molecule has 4 aliphatic rings. The summed E-state index contributed by atoms with van der Waals surface area (Å²) < 4.78 is 19.2. The Morgan fingerprint density at radius 3 is 0.935 bits per heavy atom.